The molecule has 1 aliphatic heterocycles. The molecule has 0 bridgehead atoms. The molecule has 1 aliphatic rings. The fourth-order valence-electron chi connectivity index (χ4n) is 2.34. The first-order valence-corrected chi connectivity index (χ1v) is 6.99. The molecule has 1 unspecified atom stereocenters. The summed E-state index contributed by atoms with van der Waals surface area (Å²) >= 11 is 2.14. The van der Waals surface area contributed by atoms with Crippen molar-refractivity contribution >= 4 is 34.0 Å². The Morgan fingerprint density at radius 2 is 2.33 bits per heavy atom. The third-order valence-electron chi connectivity index (χ3n) is 3.31. The Kier molecular flexibility index (Phi) is 4.39. The van der Waals surface area contributed by atoms with Gasteiger partial charge in [0.1, 0.15) is 0 Å². The third kappa shape index (κ3) is 2.92. The van der Waals surface area contributed by atoms with Crippen molar-refractivity contribution < 1.29 is 10.0 Å². The quantitative estimate of drug-likeness (QED) is 0.508. The normalized spacial score (nSPS) is 19.2. The number of rotatable bonds is 4. The van der Waals surface area contributed by atoms with Crippen molar-refractivity contribution in [1.82, 2.24) is 0 Å². The lowest BCUT2D eigenvalue weighted by Gasteiger charge is -2.20. The van der Waals surface area contributed by atoms with Crippen molar-refractivity contribution in [3.8, 4) is 0 Å². The summed E-state index contributed by atoms with van der Waals surface area (Å²) in [4.78, 5) is 12.6. The maximum absolute atomic E-state index is 10.7. The zero-order valence-corrected chi connectivity index (χ0v) is 12.0. The van der Waals surface area contributed by atoms with Gasteiger partial charge in [0, 0.05) is 35.4 Å². The van der Waals surface area contributed by atoms with Crippen LogP contribution in [-0.4, -0.2) is 29.7 Å². The number of nitro groups is 1. The number of non-ortho nitro benzene ring substituents is 1. The van der Waals surface area contributed by atoms with Gasteiger partial charge in [-0.1, -0.05) is 0 Å². The van der Waals surface area contributed by atoms with Gasteiger partial charge in [0.2, 0.25) is 0 Å². The van der Waals surface area contributed by atoms with Crippen LogP contribution in [0.5, 0.6) is 0 Å². The van der Waals surface area contributed by atoms with Crippen LogP contribution in [0.3, 0.4) is 0 Å². The molecule has 0 aromatic heterocycles. The predicted octanol–water partition coefficient (Wildman–Crippen LogP) is 2.41. The molecule has 18 heavy (non-hydrogen) atoms. The van der Waals surface area contributed by atoms with Crippen molar-refractivity contribution in [2.45, 2.75) is 12.8 Å². The Hall–Kier alpha value is -0.890. The van der Waals surface area contributed by atoms with Crippen LogP contribution in [0, 0.1) is 19.6 Å². The Labute approximate surface area is 119 Å². The Morgan fingerprint density at radius 1 is 1.56 bits per heavy atom. The van der Waals surface area contributed by atoms with Crippen LogP contribution in [-0.2, 0) is 0 Å². The van der Waals surface area contributed by atoms with E-state index in [1.54, 1.807) is 12.1 Å². The van der Waals surface area contributed by atoms with E-state index in [9.17, 15) is 10.1 Å². The van der Waals surface area contributed by atoms with E-state index < -0.39 is 0 Å². The SMILES string of the molecule is O=[N+]([O-])c1ccc(N2CCC(CCO)C2)c(I)c1. The van der Waals surface area contributed by atoms with Crippen LogP contribution in [0.4, 0.5) is 11.4 Å². The monoisotopic (exact) mass is 362 g/mol. The van der Waals surface area contributed by atoms with Crippen molar-refractivity contribution in [3.63, 3.8) is 0 Å². The molecule has 1 N–H and O–H groups in total. The number of nitrogens with zero attached hydrogens (tertiary/aromatic N) is 2. The van der Waals surface area contributed by atoms with Gasteiger partial charge in [-0.3, -0.25) is 10.1 Å². The van der Waals surface area contributed by atoms with Crippen LogP contribution < -0.4 is 4.90 Å². The van der Waals surface area contributed by atoms with Crippen LogP contribution in [0.25, 0.3) is 0 Å². The van der Waals surface area contributed by atoms with Crippen LogP contribution in [0.1, 0.15) is 12.8 Å². The summed E-state index contributed by atoms with van der Waals surface area (Å²) in [6.45, 7) is 2.11. The molecular weight excluding hydrogens is 347 g/mol. The molecule has 1 aromatic carbocycles. The lowest BCUT2D eigenvalue weighted by molar-refractivity contribution is -0.384. The van der Waals surface area contributed by atoms with E-state index in [2.05, 4.69) is 27.5 Å². The molecule has 0 aliphatic carbocycles. The smallest absolute Gasteiger partial charge is 0.270 e. The van der Waals surface area contributed by atoms with E-state index in [-0.39, 0.29) is 17.2 Å². The van der Waals surface area contributed by atoms with Gasteiger partial charge in [0.25, 0.3) is 5.69 Å². The van der Waals surface area contributed by atoms with Gasteiger partial charge in [-0.15, -0.1) is 0 Å². The molecule has 1 fully saturated rings. The van der Waals surface area contributed by atoms with Gasteiger partial charge in [-0.25, -0.2) is 0 Å². The summed E-state index contributed by atoms with van der Waals surface area (Å²) in [5.74, 6) is 0.529. The maximum atomic E-state index is 10.7. The van der Waals surface area contributed by atoms with Crippen molar-refractivity contribution in [3.05, 3.63) is 31.9 Å². The second kappa shape index (κ2) is 5.83. The van der Waals surface area contributed by atoms with E-state index in [4.69, 9.17) is 5.11 Å². The lowest BCUT2D eigenvalue weighted by atomic mass is 10.1. The third-order valence-corrected chi connectivity index (χ3v) is 4.17. The number of aliphatic hydroxyl groups is 1. The highest BCUT2D eigenvalue weighted by Crippen LogP contribution is 2.31. The van der Waals surface area contributed by atoms with Crippen molar-refractivity contribution in [2.75, 3.05) is 24.6 Å². The first-order valence-electron chi connectivity index (χ1n) is 5.91. The highest BCUT2D eigenvalue weighted by atomic mass is 127. The summed E-state index contributed by atoms with van der Waals surface area (Å²) in [6.07, 6.45) is 1.91. The summed E-state index contributed by atoms with van der Waals surface area (Å²) in [6, 6.07) is 4.98. The minimum Gasteiger partial charge on any atom is -0.396 e. The van der Waals surface area contributed by atoms with E-state index in [0.29, 0.717) is 5.92 Å². The van der Waals surface area contributed by atoms with Crippen molar-refractivity contribution in [2.24, 2.45) is 5.92 Å². The number of hydrogen-bond donors (Lipinski definition) is 1. The molecule has 0 radical (unpaired) electrons. The Balaban J connectivity index is 2.12. The molecule has 98 valence electrons. The van der Waals surface area contributed by atoms with Crippen molar-refractivity contribution in [1.29, 1.82) is 0 Å². The number of halogens is 1. The molecule has 1 saturated heterocycles. The number of hydrogen-bond acceptors (Lipinski definition) is 4. The van der Waals surface area contributed by atoms with Gasteiger partial charge in [0.15, 0.2) is 0 Å². The zero-order chi connectivity index (χ0) is 13.1. The molecule has 0 saturated carbocycles. The molecule has 1 aromatic rings. The van der Waals surface area contributed by atoms with Crippen LogP contribution >= 0.6 is 22.6 Å². The molecule has 0 amide bonds. The fraction of sp³-hybridized carbons (Fsp3) is 0.500. The second-order valence-electron chi connectivity index (χ2n) is 4.51. The number of benzene rings is 1. The summed E-state index contributed by atoms with van der Waals surface area (Å²) in [7, 11) is 0. The van der Waals surface area contributed by atoms with Gasteiger partial charge < -0.3 is 10.0 Å². The molecular formula is C12H15IN2O3. The average Bonchev–Trinajstić information content (AvgIpc) is 2.77. The van der Waals surface area contributed by atoms with Gasteiger partial charge in [0.05, 0.1) is 10.6 Å². The number of anilines is 1. The average molecular weight is 362 g/mol. The molecule has 1 heterocycles. The van der Waals surface area contributed by atoms with E-state index in [1.807, 2.05) is 6.07 Å². The molecule has 2 rings (SSSR count). The van der Waals surface area contributed by atoms with E-state index >= 15 is 0 Å². The summed E-state index contributed by atoms with van der Waals surface area (Å²) < 4.78 is 0.909. The van der Waals surface area contributed by atoms with E-state index in [0.717, 1.165) is 35.2 Å². The van der Waals surface area contributed by atoms with Crippen LogP contribution in [0.2, 0.25) is 0 Å². The topological polar surface area (TPSA) is 66.6 Å². The maximum Gasteiger partial charge on any atom is 0.270 e. The molecule has 5 nitrogen and oxygen atoms in total. The standard InChI is InChI=1S/C12H15IN2O3/c13-11-7-10(15(17)18)1-2-12(11)14-5-3-9(8-14)4-6-16/h1-2,7,9,16H,3-6,8H2. The lowest BCUT2D eigenvalue weighted by Crippen LogP contribution is -2.20. The second-order valence-corrected chi connectivity index (χ2v) is 5.67. The first kappa shape index (κ1) is 13.5. The number of nitro benzene ring substituents is 1. The van der Waals surface area contributed by atoms with E-state index in [1.165, 1.54) is 0 Å². The molecule has 1 atom stereocenters. The summed E-state index contributed by atoms with van der Waals surface area (Å²) in [5, 5.41) is 19.6. The molecule has 0 spiro atoms. The largest absolute Gasteiger partial charge is 0.396 e. The number of aliphatic hydroxyl groups excluding tert-OH is 1. The summed E-state index contributed by atoms with van der Waals surface area (Å²) in [5.41, 5.74) is 1.19. The Morgan fingerprint density at radius 3 is 2.94 bits per heavy atom. The van der Waals surface area contributed by atoms with Gasteiger partial charge in [-0.2, -0.15) is 0 Å². The minimum atomic E-state index is -0.371. The van der Waals surface area contributed by atoms with Gasteiger partial charge in [-0.05, 0) is 47.4 Å². The predicted molar refractivity (Wildman–Crippen MR) is 77.8 cm³/mol. The zero-order valence-electron chi connectivity index (χ0n) is 9.88. The Bertz CT molecular complexity index is 453. The van der Waals surface area contributed by atoms with Crippen LogP contribution in [0.15, 0.2) is 18.2 Å². The van der Waals surface area contributed by atoms with Gasteiger partial charge >= 0.3 is 0 Å². The minimum absolute atomic E-state index is 0.134. The first-order chi connectivity index (χ1) is 8.61. The highest BCUT2D eigenvalue weighted by Gasteiger charge is 2.24. The highest BCUT2D eigenvalue weighted by molar-refractivity contribution is 14.1. The fourth-order valence-corrected chi connectivity index (χ4v) is 3.18. The molecule has 6 heteroatoms.